The lowest BCUT2D eigenvalue weighted by molar-refractivity contribution is 0.379. The average Bonchev–Trinajstić information content (AvgIpc) is 3.00. The number of halogens is 19. The van der Waals surface area contributed by atoms with Gasteiger partial charge in [0, 0.05) is 15.4 Å². The molecule has 0 N–H and O–H groups in total. The SMILES string of the molecule is Fc1c(F)c(F)c([B-](c2c(F)c(F)c(F)c(F)c2F)(c2c(F)c(F)c(F)c(F)c2F)c2c(F)c(F)c([SiH3])c(F)c2F)c(F)c1F. The third-order valence-corrected chi connectivity index (χ3v) is 7.86. The molecule has 0 nitrogen and oxygen atoms in total. The van der Waals surface area contributed by atoms with Gasteiger partial charge >= 0.3 is 0 Å². The van der Waals surface area contributed by atoms with Gasteiger partial charge in [-0.15, -0.1) is 21.9 Å². The zero-order valence-electron chi connectivity index (χ0n) is 20.8. The standard InChI is InChI=1S/C24H3BF19Si/c26-5-1(6(27)14(35)19(40)13(5)34)25(2-7(28)15(36)20(41)16(37)8(2)29,3-9(30)17(38)21(42)18(39)10(3)31)4-11(32)22(43)24(45)23(44)12(4)33/h45H3/q-1. The first-order chi connectivity index (χ1) is 20.7. The van der Waals surface area contributed by atoms with E-state index < -0.39 is 154 Å². The van der Waals surface area contributed by atoms with Crippen molar-refractivity contribution in [2.45, 2.75) is 0 Å². The van der Waals surface area contributed by atoms with E-state index in [9.17, 15) is 48.3 Å². The number of hydrogen-bond acceptors (Lipinski definition) is 0. The molecule has 4 aromatic carbocycles. The van der Waals surface area contributed by atoms with Crippen molar-refractivity contribution in [3.05, 3.63) is 111 Å². The summed E-state index contributed by atoms with van der Waals surface area (Å²) in [5, 5.41) is -1.70. The lowest BCUT2D eigenvalue weighted by atomic mass is 9.12. The van der Waals surface area contributed by atoms with Gasteiger partial charge in [-0.3, -0.25) is 0 Å². The van der Waals surface area contributed by atoms with Crippen LogP contribution in [0.1, 0.15) is 0 Å². The first kappa shape index (κ1) is 33.7. The molecule has 0 aliphatic carbocycles. The predicted octanol–water partition coefficient (Wildman–Crippen LogP) is 3.70. The molecule has 0 atom stereocenters. The molecular formula is C24H3BF19Si-. The van der Waals surface area contributed by atoms with Crippen molar-refractivity contribution in [2.75, 3.05) is 0 Å². The Labute approximate surface area is 238 Å². The molecule has 21 heteroatoms. The fourth-order valence-corrected chi connectivity index (χ4v) is 5.45. The molecule has 0 spiro atoms. The Morgan fingerprint density at radius 2 is 0.356 bits per heavy atom. The molecule has 4 rings (SSSR count). The van der Waals surface area contributed by atoms with Crippen LogP contribution in [0.5, 0.6) is 0 Å². The average molecular weight is 691 g/mol. The van der Waals surface area contributed by atoms with Crippen LogP contribution in [0.25, 0.3) is 0 Å². The maximum atomic E-state index is 15.6. The van der Waals surface area contributed by atoms with Crippen molar-refractivity contribution >= 4 is 43.4 Å². The Hall–Kier alpha value is -4.17. The van der Waals surface area contributed by atoms with Crippen molar-refractivity contribution in [1.82, 2.24) is 0 Å². The number of benzene rings is 4. The highest BCUT2D eigenvalue weighted by atomic mass is 28.1. The second-order valence-electron chi connectivity index (χ2n) is 9.11. The maximum absolute atomic E-state index is 15.6. The molecule has 0 saturated carbocycles. The van der Waals surface area contributed by atoms with Gasteiger partial charge in [-0.05, 0) is 0 Å². The van der Waals surface area contributed by atoms with E-state index in [1.54, 1.807) is 0 Å². The molecule has 0 aliphatic heterocycles. The van der Waals surface area contributed by atoms with Crippen LogP contribution in [0, 0.1) is 111 Å². The van der Waals surface area contributed by atoms with E-state index in [0.717, 1.165) is 0 Å². The molecule has 240 valence electrons. The lowest BCUT2D eigenvalue weighted by Crippen LogP contribution is -2.81. The lowest BCUT2D eigenvalue weighted by Gasteiger charge is -2.45. The van der Waals surface area contributed by atoms with E-state index in [0.29, 0.717) is 0 Å². The predicted molar refractivity (Wildman–Crippen MR) is 119 cm³/mol. The number of rotatable bonds is 4. The fraction of sp³-hybridized carbons (Fsp3) is 0. The molecule has 0 radical (unpaired) electrons. The Bertz CT molecular complexity index is 1570. The molecule has 0 heterocycles. The summed E-state index contributed by atoms with van der Waals surface area (Å²) in [6.07, 6.45) is -7.03. The highest BCUT2D eigenvalue weighted by Gasteiger charge is 2.52. The molecule has 0 bridgehead atoms. The summed E-state index contributed by atoms with van der Waals surface area (Å²) in [5.74, 6) is -64.5. The minimum atomic E-state index is -7.03. The van der Waals surface area contributed by atoms with E-state index in [4.69, 9.17) is 0 Å². The van der Waals surface area contributed by atoms with Crippen molar-refractivity contribution in [2.24, 2.45) is 0 Å². The Morgan fingerprint density at radius 3 is 0.533 bits per heavy atom. The van der Waals surface area contributed by atoms with E-state index in [-0.39, 0.29) is 0 Å². The van der Waals surface area contributed by atoms with Crippen LogP contribution in [0.4, 0.5) is 83.4 Å². The minimum Gasteiger partial charge on any atom is -0.207 e. The van der Waals surface area contributed by atoms with Gasteiger partial charge in [0.25, 0.3) is 0 Å². The summed E-state index contributed by atoms with van der Waals surface area (Å²) in [6, 6.07) is 0. The van der Waals surface area contributed by atoms with Gasteiger partial charge in [-0.1, -0.05) is 0 Å². The van der Waals surface area contributed by atoms with Crippen LogP contribution in [-0.2, 0) is 0 Å². The maximum Gasteiger partial charge on any atom is 0.200 e. The summed E-state index contributed by atoms with van der Waals surface area (Å²) in [4.78, 5) is 0. The minimum absolute atomic E-state index is 1.13. The zero-order chi connectivity index (χ0) is 34.4. The molecule has 0 unspecified atom stereocenters. The van der Waals surface area contributed by atoms with E-state index in [2.05, 4.69) is 0 Å². The van der Waals surface area contributed by atoms with E-state index in [1.807, 2.05) is 0 Å². The van der Waals surface area contributed by atoms with E-state index in [1.165, 1.54) is 0 Å². The Kier molecular flexibility index (Phi) is 8.26. The molecule has 0 aromatic heterocycles. The highest BCUT2D eigenvalue weighted by Crippen LogP contribution is 2.29. The molecular weight excluding hydrogens is 688 g/mol. The quantitative estimate of drug-likeness (QED) is 0.133. The van der Waals surface area contributed by atoms with Crippen LogP contribution in [0.15, 0.2) is 0 Å². The first-order valence-corrected chi connectivity index (χ1v) is 12.2. The third kappa shape index (κ3) is 4.25. The second-order valence-corrected chi connectivity index (χ2v) is 10.1. The summed E-state index contributed by atoms with van der Waals surface area (Å²) in [5.41, 5.74) is -13.7. The van der Waals surface area contributed by atoms with Gasteiger partial charge in [0.1, 0.15) is 52.7 Å². The van der Waals surface area contributed by atoms with Gasteiger partial charge in [0.05, 0.1) is 0 Å². The van der Waals surface area contributed by atoms with Crippen LogP contribution in [0.3, 0.4) is 0 Å². The van der Waals surface area contributed by atoms with Crippen molar-refractivity contribution in [3.8, 4) is 0 Å². The Morgan fingerprint density at radius 1 is 0.222 bits per heavy atom. The fourth-order valence-electron chi connectivity index (χ4n) is 5.01. The summed E-state index contributed by atoms with van der Waals surface area (Å²) in [6.45, 7) is 0. The van der Waals surface area contributed by atoms with Crippen molar-refractivity contribution < 1.29 is 83.4 Å². The molecule has 4 aromatic rings. The van der Waals surface area contributed by atoms with Crippen LogP contribution < -0.4 is 27.0 Å². The number of hydrogen-bond donors (Lipinski definition) is 0. The molecule has 0 saturated heterocycles. The van der Waals surface area contributed by atoms with Crippen molar-refractivity contribution in [1.29, 1.82) is 0 Å². The molecule has 0 fully saturated rings. The largest absolute Gasteiger partial charge is 0.207 e. The molecule has 0 aliphatic rings. The second kappa shape index (κ2) is 11.0. The molecule has 0 amide bonds. The van der Waals surface area contributed by atoms with Gasteiger partial charge in [-0.25, -0.2) is 83.4 Å². The van der Waals surface area contributed by atoms with E-state index >= 15 is 35.1 Å². The van der Waals surface area contributed by atoms with Crippen LogP contribution >= 0.6 is 0 Å². The van der Waals surface area contributed by atoms with Crippen molar-refractivity contribution in [3.63, 3.8) is 0 Å². The van der Waals surface area contributed by atoms with Gasteiger partial charge < -0.3 is 0 Å². The van der Waals surface area contributed by atoms with Gasteiger partial charge in [0.2, 0.25) is 0 Å². The topological polar surface area (TPSA) is 0 Å². The smallest absolute Gasteiger partial charge is 0.200 e. The van der Waals surface area contributed by atoms with Gasteiger partial charge in [0.15, 0.2) is 64.0 Å². The van der Waals surface area contributed by atoms with Gasteiger partial charge in [-0.2, -0.15) is 0 Å². The first-order valence-electron chi connectivity index (χ1n) is 11.2. The normalized spacial score (nSPS) is 12.1. The summed E-state index contributed by atoms with van der Waals surface area (Å²) < 4.78 is 282. The summed E-state index contributed by atoms with van der Waals surface area (Å²) >= 11 is 0. The molecule has 45 heavy (non-hydrogen) atoms. The van der Waals surface area contributed by atoms with Crippen LogP contribution in [0.2, 0.25) is 0 Å². The summed E-state index contributed by atoms with van der Waals surface area (Å²) in [7, 11) is -1.13. The zero-order valence-corrected chi connectivity index (χ0v) is 22.8. The highest BCUT2D eigenvalue weighted by molar-refractivity contribution is 7.20. The van der Waals surface area contributed by atoms with Crippen LogP contribution in [-0.4, -0.2) is 16.4 Å². The third-order valence-electron chi connectivity index (χ3n) is 6.98. The Balaban J connectivity index is 2.69. The monoisotopic (exact) mass is 691 g/mol.